The van der Waals surface area contributed by atoms with Crippen LogP contribution in [0.5, 0.6) is 0 Å². The number of carbonyl (C=O) groups is 1. The van der Waals surface area contributed by atoms with Crippen LogP contribution in [0.4, 0.5) is 0 Å². The first-order valence-corrected chi connectivity index (χ1v) is 7.71. The number of hydrogen-bond acceptors (Lipinski definition) is 4. The summed E-state index contributed by atoms with van der Waals surface area (Å²) in [4.78, 5) is 12.0. The maximum atomic E-state index is 12.0. The molecule has 0 aliphatic heterocycles. The van der Waals surface area contributed by atoms with Gasteiger partial charge in [0, 0.05) is 5.56 Å². The summed E-state index contributed by atoms with van der Waals surface area (Å²) in [6.07, 6.45) is 0.668. The second kappa shape index (κ2) is 6.68. The number of benzene rings is 1. The Morgan fingerprint density at radius 2 is 1.89 bits per heavy atom. The fourth-order valence-electron chi connectivity index (χ4n) is 1.52. The quantitative estimate of drug-likeness (QED) is 0.814. The van der Waals surface area contributed by atoms with E-state index >= 15 is 0 Å². The molecule has 0 aliphatic rings. The molecule has 6 heteroatoms. The molecule has 0 saturated carbocycles. The SMILES string of the molecule is CNCCc1ccccc1C(=O)NS(=O)(=O)C(C)C. The number of carbonyl (C=O) groups excluding carboxylic acids is 1. The van der Waals surface area contributed by atoms with Gasteiger partial charge in [-0.3, -0.25) is 4.79 Å². The number of sulfonamides is 1. The van der Waals surface area contributed by atoms with Crippen LogP contribution in [0.1, 0.15) is 29.8 Å². The van der Waals surface area contributed by atoms with Crippen LogP contribution in [0.25, 0.3) is 0 Å². The molecule has 0 radical (unpaired) electrons. The third-order valence-corrected chi connectivity index (χ3v) is 4.47. The van der Waals surface area contributed by atoms with E-state index in [9.17, 15) is 13.2 Å². The molecule has 0 aliphatic carbocycles. The van der Waals surface area contributed by atoms with Gasteiger partial charge in [0.25, 0.3) is 5.91 Å². The van der Waals surface area contributed by atoms with E-state index in [1.165, 1.54) is 13.8 Å². The summed E-state index contributed by atoms with van der Waals surface area (Å²) in [5.74, 6) is -0.569. The van der Waals surface area contributed by atoms with Gasteiger partial charge >= 0.3 is 0 Å². The number of rotatable bonds is 6. The second-order valence-corrected chi connectivity index (χ2v) is 6.77. The first kappa shape index (κ1) is 15.7. The summed E-state index contributed by atoms with van der Waals surface area (Å²) in [5, 5.41) is 2.36. The van der Waals surface area contributed by atoms with E-state index in [2.05, 4.69) is 10.0 Å². The van der Waals surface area contributed by atoms with E-state index in [4.69, 9.17) is 0 Å². The maximum Gasteiger partial charge on any atom is 0.265 e. The average Bonchev–Trinajstić information content (AvgIpc) is 2.36. The molecule has 19 heavy (non-hydrogen) atoms. The topological polar surface area (TPSA) is 75.3 Å². The monoisotopic (exact) mass is 284 g/mol. The number of likely N-dealkylation sites (N-methyl/N-ethyl adjacent to an activating group) is 1. The second-order valence-electron chi connectivity index (χ2n) is 4.54. The van der Waals surface area contributed by atoms with Gasteiger partial charge in [0.1, 0.15) is 0 Å². The normalized spacial score (nSPS) is 11.6. The van der Waals surface area contributed by atoms with Crippen molar-refractivity contribution in [3.05, 3.63) is 35.4 Å². The summed E-state index contributed by atoms with van der Waals surface area (Å²) in [7, 11) is -1.77. The Kier molecular flexibility index (Phi) is 5.50. The molecule has 0 fully saturated rings. The maximum absolute atomic E-state index is 12.0. The summed E-state index contributed by atoms with van der Waals surface area (Å²) in [5.41, 5.74) is 1.23. The third-order valence-electron chi connectivity index (χ3n) is 2.76. The van der Waals surface area contributed by atoms with E-state index in [0.717, 1.165) is 12.1 Å². The molecular weight excluding hydrogens is 264 g/mol. The van der Waals surface area contributed by atoms with Gasteiger partial charge in [0.15, 0.2) is 0 Å². The Labute approximate surface area is 114 Å². The van der Waals surface area contributed by atoms with Gasteiger partial charge in [-0.1, -0.05) is 18.2 Å². The Morgan fingerprint density at radius 1 is 1.26 bits per heavy atom. The molecule has 0 spiro atoms. The zero-order valence-electron chi connectivity index (χ0n) is 11.4. The van der Waals surface area contributed by atoms with Crippen molar-refractivity contribution in [3.63, 3.8) is 0 Å². The minimum atomic E-state index is -3.60. The molecule has 5 nitrogen and oxygen atoms in total. The zero-order valence-corrected chi connectivity index (χ0v) is 12.3. The zero-order chi connectivity index (χ0) is 14.5. The predicted molar refractivity (Wildman–Crippen MR) is 75.6 cm³/mol. The summed E-state index contributed by atoms with van der Waals surface area (Å²) in [6, 6.07) is 7.02. The minimum Gasteiger partial charge on any atom is -0.319 e. The molecule has 0 unspecified atom stereocenters. The number of amides is 1. The molecule has 0 bridgehead atoms. The Bertz CT molecular complexity index is 539. The van der Waals surface area contributed by atoms with Crippen LogP contribution < -0.4 is 10.0 Å². The smallest absolute Gasteiger partial charge is 0.265 e. The van der Waals surface area contributed by atoms with Gasteiger partial charge in [-0.2, -0.15) is 0 Å². The minimum absolute atomic E-state index is 0.405. The third kappa shape index (κ3) is 4.33. The Hall–Kier alpha value is -1.40. The fraction of sp³-hybridized carbons (Fsp3) is 0.462. The lowest BCUT2D eigenvalue weighted by Gasteiger charge is -2.12. The molecule has 1 rings (SSSR count). The van der Waals surface area contributed by atoms with Crippen LogP contribution in [-0.2, 0) is 16.4 Å². The van der Waals surface area contributed by atoms with Gasteiger partial charge in [0.05, 0.1) is 5.25 Å². The average molecular weight is 284 g/mol. The van der Waals surface area contributed by atoms with Crippen LogP contribution in [0, 0.1) is 0 Å². The van der Waals surface area contributed by atoms with Crippen molar-refractivity contribution < 1.29 is 13.2 Å². The molecule has 1 amide bonds. The summed E-state index contributed by atoms with van der Waals surface area (Å²) >= 11 is 0. The van der Waals surface area contributed by atoms with Gasteiger partial charge in [-0.15, -0.1) is 0 Å². The van der Waals surface area contributed by atoms with E-state index < -0.39 is 21.2 Å². The molecule has 0 aromatic heterocycles. The molecule has 0 atom stereocenters. The highest BCUT2D eigenvalue weighted by Gasteiger charge is 2.21. The molecule has 1 aromatic carbocycles. The van der Waals surface area contributed by atoms with Crippen LogP contribution >= 0.6 is 0 Å². The van der Waals surface area contributed by atoms with Gasteiger partial charge in [0.2, 0.25) is 10.0 Å². The van der Waals surface area contributed by atoms with Crippen LogP contribution in [0.15, 0.2) is 24.3 Å². The Balaban J connectivity index is 2.94. The largest absolute Gasteiger partial charge is 0.319 e. The van der Waals surface area contributed by atoms with Crippen molar-refractivity contribution in [2.45, 2.75) is 25.5 Å². The molecule has 0 saturated heterocycles. The summed E-state index contributed by atoms with van der Waals surface area (Å²) < 4.78 is 25.5. The van der Waals surface area contributed by atoms with Gasteiger partial charge in [-0.25, -0.2) is 13.1 Å². The van der Waals surface area contributed by atoms with Gasteiger partial charge in [-0.05, 0) is 45.5 Å². The van der Waals surface area contributed by atoms with Crippen molar-refractivity contribution in [1.29, 1.82) is 0 Å². The van der Waals surface area contributed by atoms with E-state index in [0.29, 0.717) is 12.0 Å². The van der Waals surface area contributed by atoms with E-state index in [1.54, 1.807) is 12.1 Å². The highest BCUT2D eigenvalue weighted by molar-refractivity contribution is 7.90. The number of hydrogen-bond donors (Lipinski definition) is 2. The lowest BCUT2D eigenvalue weighted by Crippen LogP contribution is -2.36. The first-order valence-electron chi connectivity index (χ1n) is 6.17. The van der Waals surface area contributed by atoms with Crippen molar-refractivity contribution in [2.24, 2.45) is 0 Å². The van der Waals surface area contributed by atoms with E-state index in [1.807, 2.05) is 19.2 Å². The summed E-state index contributed by atoms with van der Waals surface area (Å²) in [6.45, 7) is 3.78. The lowest BCUT2D eigenvalue weighted by molar-refractivity contribution is 0.0980. The van der Waals surface area contributed by atoms with Crippen molar-refractivity contribution >= 4 is 15.9 Å². The molecule has 2 N–H and O–H groups in total. The fourth-order valence-corrected chi connectivity index (χ4v) is 2.13. The molecule has 1 aromatic rings. The predicted octanol–water partition coefficient (Wildman–Crippen LogP) is 0.917. The molecule has 106 valence electrons. The van der Waals surface area contributed by atoms with Crippen molar-refractivity contribution in [3.8, 4) is 0 Å². The first-order chi connectivity index (χ1) is 8.88. The number of nitrogens with one attached hydrogen (secondary N) is 2. The highest BCUT2D eigenvalue weighted by atomic mass is 32.2. The van der Waals surface area contributed by atoms with Crippen LogP contribution in [0.2, 0.25) is 0 Å². The standard InChI is InChI=1S/C13H20N2O3S/c1-10(2)19(17,18)15-13(16)12-7-5-4-6-11(12)8-9-14-3/h4-7,10,14H,8-9H2,1-3H3,(H,15,16). The Morgan fingerprint density at radius 3 is 2.47 bits per heavy atom. The van der Waals surface area contributed by atoms with Crippen molar-refractivity contribution in [2.75, 3.05) is 13.6 Å². The van der Waals surface area contributed by atoms with E-state index in [-0.39, 0.29) is 0 Å². The lowest BCUT2D eigenvalue weighted by atomic mass is 10.0. The molecule has 0 heterocycles. The van der Waals surface area contributed by atoms with Crippen LogP contribution in [-0.4, -0.2) is 33.2 Å². The molecular formula is C13H20N2O3S. The van der Waals surface area contributed by atoms with Crippen molar-refractivity contribution in [1.82, 2.24) is 10.0 Å². The van der Waals surface area contributed by atoms with Crippen LogP contribution in [0.3, 0.4) is 0 Å². The van der Waals surface area contributed by atoms with Gasteiger partial charge < -0.3 is 5.32 Å². The highest BCUT2D eigenvalue weighted by Crippen LogP contribution is 2.10.